The van der Waals surface area contributed by atoms with Gasteiger partial charge in [-0.1, -0.05) is 30.3 Å². The van der Waals surface area contributed by atoms with Crippen LogP contribution in [-0.2, 0) is 16.1 Å². The molecule has 0 aliphatic carbocycles. The highest BCUT2D eigenvalue weighted by Gasteiger charge is 2.33. The molecule has 1 aromatic rings. The molecule has 7 nitrogen and oxygen atoms in total. The normalized spacial score (nSPS) is 20.4. The minimum absolute atomic E-state index is 0.0621. The monoisotopic (exact) mass is 364 g/mol. The first-order valence-electron chi connectivity index (χ1n) is 8.84. The van der Waals surface area contributed by atoms with E-state index < -0.39 is 17.8 Å². The van der Waals surface area contributed by atoms with Crippen molar-refractivity contribution >= 4 is 12.2 Å². The van der Waals surface area contributed by atoms with Gasteiger partial charge in [0.1, 0.15) is 12.2 Å². The number of carbonyl (C=O) groups is 2. The number of piperidine rings is 1. The van der Waals surface area contributed by atoms with Gasteiger partial charge in [0.25, 0.3) is 0 Å². The SMILES string of the molecule is CC(C)(C)OC(=O)N[C@H]1CN(C(=O)OCc2ccccc2)CC[C@@H]1CO. The highest BCUT2D eigenvalue weighted by atomic mass is 16.6. The van der Waals surface area contributed by atoms with Crippen molar-refractivity contribution in [2.24, 2.45) is 5.92 Å². The standard InChI is InChI=1S/C19H28N2O5/c1-19(2,3)26-17(23)20-16-11-21(10-9-15(16)12-22)18(24)25-13-14-7-5-4-6-8-14/h4-8,15-16,22H,9-13H2,1-3H3,(H,20,23)/t15-,16+/m1/s1. The molecule has 2 N–H and O–H groups in total. The Labute approximate surface area is 154 Å². The van der Waals surface area contributed by atoms with Crippen LogP contribution in [0.5, 0.6) is 0 Å². The van der Waals surface area contributed by atoms with Gasteiger partial charge in [-0.25, -0.2) is 9.59 Å². The molecule has 1 heterocycles. The number of hydrogen-bond acceptors (Lipinski definition) is 5. The first-order chi connectivity index (χ1) is 12.3. The zero-order valence-electron chi connectivity index (χ0n) is 15.6. The molecule has 1 aliphatic rings. The van der Waals surface area contributed by atoms with E-state index in [1.54, 1.807) is 25.7 Å². The van der Waals surface area contributed by atoms with E-state index in [2.05, 4.69) is 5.32 Å². The van der Waals surface area contributed by atoms with E-state index in [0.717, 1.165) is 5.56 Å². The molecule has 1 aliphatic heterocycles. The lowest BCUT2D eigenvalue weighted by Gasteiger charge is -2.37. The third-order valence-corrected chi connectivity index (χ3v) is 4.16. The topological polar surface area (TPSA) is 88.1 Å². The van der Waals surface area contributed by atoms with Crippen LogP contribution >= 0.6 is 0 Å². The van der Waals surface area contributed by atoms with Crippen molar-refractivity contribution in [1.29, 1.82) is 0 Å². The number of nitrogens with zero attached hydrogens (tertiary/aromatic N) is 1. The minimum Gasteiger partial charge on any atom is -0.445 e. The van der Waals surface area contributed by atoms with Gasteiger partial charge in [0.05, 0.1) is 6.04 Å². The second kappa shape index (κ2) is 8.89. The quantitative estimate of drug-likeness (QED) is 0.857. The molecule has 2 rings (SSSR count). The number of ether oxygens (including phenoxy) is 2. The van der Waals surface area contributed by atoms with Gasteiger partial charge in [0.15, 0.2) is 0 Å². The molecule has 0 bridgehead atoms. The van der Waals surface area contributed by atoms with Crippen molar-refractivity contribution in [2.75, 3.05) is 19.7 Å². The highest BCUT2D eigenvalue weighted by Crippen LogP contribution is 2.19. The van der Waals surface area contributed by atoms with E-state index in [9.17, 15) is 14.7 Å². The molecule has 0 spiro atoms. The molecule has 2 atom stereocenters. The Balaban J connectivity index is 1.90. The molecule has 0 saturated carbocycles. The van der Waals surface area contributed by atoms with Gasteiger partial charge in [-0.3, -0.25) is 0 Å². The van der Waals surface area contributed by atoms with Crippen LogP contribution in [0, 0.1) is 5.92 Å². The van der Waals surface area contributed by atoms with Gasteiger partial charge < -0.3 is 24.8 Å². The maximum Gasteiger partial charge on any atom is 0.410 e. The van der Waals surface area contributed by atoms with E-state index in [-0.39, 0.29) is 31.7 Å². The smallest absolute Gasteiger partial charge is 0.410 e. The summed E-state index contributed by atoms with van der Waals surface area (Å²) in [5.41, 5.74) is 0.302. The fraction of sp³-hybridized carbons (Fsp3) is 0.579. The minimum atomic E-state index is -0.609. The van der Waals surface area contributed by atoms with E-state index in [1.165, 1.54) is 0 Å². The van der Waals surface area contributed by atoms with Crippen LogP contribution < -0.4 is 5.32 Å². The van der Waals surface area contributed by atoms with Gasteiger partial charge in [-0.15, -0.1) is 0 Å². The summed E-state index contributed by atoms with van der Waals surface area (Å²) in [6.07, 6.45) is -0.404. The molecule has 1 saturated heterocycles. The van der Waals surface area contributed by atoms with E-state index in [4.69, 9.17) is 9.47 Å². The first kappa shape index (κ1) is 20.0. The molecular weight excluding hydrogens is 336 g/mol. The number of rotatable bonds is 4. The number of amides is 2. The lowest BCUT2D eigenvalue weighted by molar-refractivity contribution is 0.0338. The predicted molar refractivity (Wildman–Crippen MR) is 96.6 cm³/mol. The van der Waals surface area contributed by atoms with Crippen LogP contribution in [0.15, 0.2) is 30.3 Å². The molecule has 1 aromatic carbocycles. The third-order valence-electron chi connectivity index (χ3n) is 4.16. The fourth-order valence-electron chi connectivity index (χ4n) is 2.82. The second-order valence-electron chi connectivity index (χ2n) is 7.47. The number of alkyl carbamates (subject to hydrolysis) is 1. The first-order valence-corrected chi connectivity index (χ1v) is 8.84. The van der Waals surface area contributed by atoms with Crippen molar-refractivity contribution in [3.63, 3.8) is 0 Å². The van der Waals surface area contributed by atoms with Crippen LogP contribution in [0.2, 0.25) is 0 Å². The molecule has 0 unspecified atom stereocenters. The Hall–Kier alpha value is -2.28. The summed E-state index contributed by atoms with van der Waals surface area (Å²) in [6, 6.07) is 9.06. The van der Waals surface area contributed by atoms with Crippen LogP contribution in [0.3, 0.4) is 0 Å². The lowest BCUT2D eigenvalue weighted by Crippen LogP contribution is -2.55. The Morgan fingerprint density at radius 1 is 1.27 bits per heavy atom. The maximum atomic E-state index is 12.3. The Morgan fingerprint density at radius 2 is 1.96 bits per heavy atom. The van der Waals surface area contributed by atoms with Crippen LogP contribution in [0.25, 0.3) is 0 Å². The number of likely N-dealkylation sites (tertiary alicyclic amines) is 1. The Bertz CT molecular complexity index is 600. The Kier molecular flexibility index (Phi) is 6.85. The van der Waals surface area contributed by atoms with Gasteiger partial charge >= 0.3 is 12.2 Å². The molecule has 144 valence electrons. The number of hydrogen-bond donors (Lipinski definition) is 2. The van der Waals surface area contributed by atoms with Crippen molar-refractivity contribution in [1.82, 2.24) is 10.2 Å². The lowest BCUT2D eigenvalue weighted by atomic mass is 9.92. The second-order valence-corrected chi connectivity index (χ2v) is 7.47. The van der Waals surface area contributed by atoms with Crippen LogP contribution in [-0.4, -0.2) is 53.5 Å². The summed E-state index contributed by atoms with van der Waals surface area (Å²) in [5.74, 6) is -0.124. The van der Waals surface area contributed by atoms with Gasteiger partial charge in [0.2, 0.25) is 0 Å². The molecular formula is C19H28N2O5. The predicted octanol–water partition coefficient (Wildman–Crippen LogP) is 2.53. The number of benzene rings is 1. The molecule has 1 fully saturated rings. The van der Waals surface area contributed by atoms with E-state index in [1.807, 2.05) is 30.3 Å². The van der Waals surface area contributed by atoms with Crippen molar-refractivity contribution in [2.45, 2.75) is 45.4 Å². The van der Waals surface area contributed by atoms with Crippen molar-refractivity contribution in [3.8, 4) is 0 Å². The van der Waals surface area contributed by atoms with E-state index >= 15 is 0 Å². The molecule has 0 aromatic heterocycles. The summed E-state index contributed by atoms with van der Waals surface area (Å²) < 4.78 is 10.6. The van der Waals surface area contributed by atoms with Crippen molar-refractivity contribution < 1.29 is 24.2 Å². The molecule has 2 amide bonds. The average molecular weight is 364 g/mol. The molecule has 0 radical (unpaired) electrons. The zero-order valence-corrected chi connectivity index (χ0v) is 15.6. The van der Waals surface area contributed by atoms with Crippen LogP contribution in [0.1, 0.15) is 32.8 Å². The number of aliphatic hydroxyl groups is 1. The van der Waals surface area contributed by atoms with Crippen molar-refractivity contribution in [3.05, 3.63) is 35.9 Å². The average Bonchev–Trinajstić information content (AvgIpc) is 2.58. The summed E-state index contributed by atoms with van der Waals surface area (Å²) in [5, 5.41) is 12.3. The fourth-order valence-corrected chi connectivity index (χ4v) is 2.82. The number of carbonyl (C=O) groups excluding carboxylic acids is 2. The highest BCUT2D eigenvalue weighted by molar-refractivity contribution is 5.69. The summed E-state index contributed by atoms with van der Waals surface area (Å²) in [7, 11) is 0. The summed E-state index contributed by atoms with van der Waals surface area (Å²) in [4.78, 5) is 25.9. The number of aliphatic hydroxyl groups excluding tert-OH is 1. The maximum absolute atomic E-state index is 12.3. The van der Waals surface area contributed by atoms with Gasteiger partial charge in [-0.2, -0.15) is 0 Å². The largest absolute Gasteiger partial charge is 0.445 e. The third kappa shape index (κ3) is 6.22. The Morgan fingerprint density at radius 3 is 2.58 bits per heavy atom. The number of nitrogens with one attached hydrogen (secondary N) is 1. The zero-order chi connectivity index (χ0) is 19.2. The van der Waals surface area contributed by atoms with Gasteiger partial charge in [0, 0.05) is 25.6 Å². The van der Waals surface area contributed by atoms with Crippen LogP contribution in [0.4, 0.5) is 9.59 Å². The summed E-state index contributed by atoms with van der Waals surface area (Å²) in [6.45, 7) is 6.24. The summed E-state index contributed by atoms with van der Waals surface area (Å²) >= 11 is 0. The van der Waals surface area contributed by atoms with Gasteiger partial charge in [-0.05, 0) is 32.8 Å². The molecule has 26 heavy (non-hydrogen) atoms. The van der Waals surface area contributed by atoms with E-state index in [0.29, 0.717) is 13.0 Å². The molecule has 7 heteroatoms.